The van der Waals surface area contributed by atoms with Crippen molar-refractivity contribution in [1.29, 1.82) is 0 Å². The van der Waals surface area contributed by atoms with Gasteiger partial charge in [-0.2, -0.15) is 0 Å². The number of carbonyl (C=O) groups excluding carboxylic acids is 2. The molecule has 0 aliphatic carbocycles. The van der Waals surface area contributed by atoms with Crippen LogP contribution in [-0.4, -0.2) is 42.5 Å². The van der Waals surface area contributed by atoms with E-state index in [4.69, 9.17) is 4.74 Å². The van der Waals surface area contributed by atoms with Gasteiger partial charge in [-0.25, -0.2) is 0 Å². The molecule has 0 radical (unpaired) electrons. The van der Waals surface area contributed by atoms with E-state index in [1.165, 1.54) is 12.8 Å². The molecule has 6 nitrogen and oxygen atoms in total. The third-order valence-corrected chi connectivity index (χ3v) is 4.97. The molecule has 2 aromatic carbocycles. The fourth-order valence-electron chi connectivity index (χ4n) is 3.49. The highest BCUT2D eigenvalue weighted by atomic mass is 16.5. The molecule has 0 atom stereocenters. The quantitative estimate of drug-likeness (QED) is 0.704. The van der Waals surface area contributed by atoms with Gasteiger partial charge in [0, 0.05) is 36.1 Å². The van der Waals surface area contributed by atoms with Crippen molar-refractivity contribution >= 4 is 23.2 Å². The van der Waals surface area contributed by atoms with Crippen LogP contribution in [-0.2, 0) is 4.79 Å². The van der Waals surface area contributed by atoms with Gasteiger partial charge in [0.05, 0.1) is 12.6 Å². The molecule has 1 saturated heterocycles. The first-order valence-electron chi connectivity index (χ1n) is 10.7. The van der Waals surface area contributed by atoms with E-state index in [9.17, 15) is 9.59 Å². The molecule has 2 N–H and O–H groups in total. The van der Waals surface area contributed by atoms with Gasteiger partial charge in [0.25, 0.3) is 5.91 Å². The van der Waals surface area contributed by atoms with Crippen LogP contribution in [0.2, 0.25) is 0 Å². The number of rotatable bonds is 7. The predicted octanol–water partition coefficient (Wildman–Crippen LogP) is 4.54. The summed E-state index contributed by atoms with van der Waals surface area (Å²) < 4.78 is 5.67. The zero-order chi connectivity index (χ0) is 21.3. The van der Waals surface area contributed by atoms with E-state index in [0.29, 0.717) is 11.3 Å². The fraction of sp³-hybridized carbons (Fsp3) is 0.417. The summed E-state index contributed by atoms with van der Waals surface area (Å²) in [7, 11) is 0. The lowest BCUT2D eigenvalue weighted by Crippen LogP contribution is -2.31. The molecule has 0 spiro atoms. The number of ether oxygens (including phenoxy) is 1. The molecule has 0 saturated carbocycles. The number of amides is 2. The van der Waals surface area contributed by atoms with E-state index >= 15 is 0 Å². The molecule has 30 heavy (non-hydrogen) atoms. The fourth-order valence-corrected chi connectivity index (χ4v) is 3.49. The zero-order valence-electron chi connectivity index (χ0n) is 17.8. The van der Waals surface area contributed by atoms with Crippen LogP contribution in [0.1, 0.15) is 49.9 Å². The van der Waals surface area contributed by atoms with Gasteiger partial charge >= 0.3 is 0 Å². The summed E-state index contributed by atoms with van der Waals surface area (Å²) in [5, 5.41) is 5.96. The highest BCUT2D eigenvalue weighted by molar-refractivity contribution is 5.96. The van der Waals surface area contributed by atoms with Crippen LogP contribution in [0.3, 0.4) is 0 Å². The Balaban J connectivity index is 1.50. The first kappa shape index (κ1) is 21.7. The average molecular weight is 410 g/mol. The first-order valence-corrected chi connectivity index (χ1v) is 10.7. The van der Waals surface area contributed by atoms with Gasteiger partial charge < -0.3 is 20.3 Å². The molecule has 1 aliphatic rings. The molecule has 3 rings (SSSR count). The van der Waals surface area contributed by atoms with E-state index in [0.717, 1.165) is 37.4 Å². The van der Waals surface area contributed by atoms with E-state index < -0.39 is 0 Å². The SMILES string of the molecule is CC(C)Oc1cccc(NCC(=O)Nc2ccc(C(=O)N3CCCCCC3)cc2)c1. The first-order chi connectivity index (χ1) is 14.5. The maximum Gasteiger partial charge on any atom is 0.253 e. The molecule has 0 bridgehead atoms. The zero-order valence-corrected chi connectivity index (χ0v) is 17.8. The number of likely N-dealkylation sites (tertiary alicyclic amines) is 1. The summed E-state index contributed by atoms with van der Waals surface area (Å²) in [5.74, 6) is 0.678. The van der Waals surface area contributed by atoms with Gasteiger partial charge in [-0.3, -0.25) is 9.59 Å². The van der Waals surface area contributed by atoms with Gasteiger partial charge in [0.15, 0.2) is 0 Å². The molecule has 0 aromatic heterocycles. The van der Waals surface area contributed by atoms with Crippen molar-refractivity contribution < 1.29 is 14.3 Å². The molecule has 1 aliphatic heterocycles. The van der Waals surface area contributed by atoms with Crippen molar-refractivity contribution in [1.82, 2.24) is 4.90 Å². The van der Waals surface area contributed by atoms with Crippen LogP contribution >= 0.6 is 0 Å². The second-order valence-electron chi connectivity index (χ2n) is 7.88. The molecule has 1 fully saturated rings. The Bertz CT molecular complexity index is 841. The Labute approximate surface area is 178 Å². The molecular weight excluding hydrogens is 378 g/mol. The highest BCUT2D eigenvalue weighted by Crippen LogP contribution is 2.19. The van der Waals surface area contributed by atoms with Crippen molar-refractivity contribution in [2.75, 3.05) is 30.3 Å². The van der Waals surface area contributed by atoms with Crippen molar-refractivity contribution in [3.8, 4) is 5.75 Å². The third-order valence-electron chi connectivity index (χ3n) is 4.97. The van der Waals surface area contributed by atoms with Gasteiger partial charge in [0.2, 0.25) is 5.91 Å². The molecule has 160 valence electrons. The number of hydrogen-bond donors (Lipinski definition) is 2. The minimum absolute atomic E-state index is 0.0694. The van der Waals surface area contributed by atoms with Crippen LogP contribution in [0.4, 0.5) is 11.4 Å². The number of carbonyl (C=O) groups is 2. The molecule has 2 amide bonds. The number of hydrogen-bond acceptors (Lipinski definition) is 4. The van der Waals surface area contributed by atoms with Crippen molar-refractivity contribution in [2.24, 2.45) is 0 Å². The summed E-state index contributed by atoms with van der Waals surface area (Å²) in [4.78, 5) is 26.9. The van der Waals surface area contributed by atoms with Gasteiger partial charge in [0.1, 0.15) is 5.75 Å². The van der Waals surface area contributed by atoms with E-state index in [1.54, 1.807) is 24.3 Å². The summed E-state index contributed by atoms with van der Waals surface area (Å²) in [6.07, 6.45) is 4.62. The Morgan fingerprint density at radius 1 is 0.967 bits per heavy atom. The van der Waals surface area contributed by atoms with Crippen molar-refractivity contribution in [3.05, 3.63) is 54.1 Å². The molecular formula is C24H31N3O3. The molecule has 0 unspecified atom stereocenters. The Kier molecular flexibility index (Phi) is 7.71. The van der Waals surface area contributed by atoms with E-state index in [1.807, 2.05) is 43.0 Å². The summed E-state index contributed by atoms with van der Waals surface area (Å²) in [5.41, 5.74) is 2.16. The van der Waals surface area contributed by atoms with E-state index in [2.05, 4.69) is 10.6 Å². The highest BCUT2D eigenvalue weighted by Gasteiger charge is 2.17. The summed E-state index contributed by atoms with van der Waals surface area (Å²) in [6.45, 7) is 5.74. The van der Waals surface area contributed by atoms with Crippen LogP contribution < -0.4 is 15.4 Å². The Morgan fingerprint density at radius 3 is 2.33 bits per heavy atom. The maximum absolute atomic E-state index is 12.7. The lowest BCUT2D eigenvalue weighted by atomic mass is 10.1. The third kappa shape index (κ3) is 6.51. The Hall–Kier alpha value is -3.02. The number of nitrogens with one attached hydrogen (secondary N) is 2. The number of benzene rings is 2. The predicted molar refractivity (Wildman–Crippen MR) is 120 cm³/mol. The summed E-state index contributed by atoms with van der Waals surface area (Å²) >= 11 is 0. The largest absolute Gasteiger partial charge is 0.491 e. The molecule has 6 heteroatoms. The minimum Gasteiger partial charge on any atom is -0.491 e. The van der Waals surface area contributed by atoms with Crippen LogP contribution in [0.5, 0.6) is 5.75 Å². The minimum atomic E-state index is -0.156. The maximum atomic E-state index is 12.7. The van der Waals surface area contributed by atoms with E-state index in [-0.39, 0.29) is 24.5 Å². The van der Waals surface area contributed by atoms with Gasteiger partial charge in [-0.05, 0) is 63.1 Å². The molecule has 1 heterocycles. The topological polar surface area (TPSA) is 70.7 Å². The lowest BCUT2D eigenvalue weighted by molar-refractivity contribution is -0.114. The van der Waals surface area contributed by atoms with Gasteiger partial charge in [-0.15, -0.1) is 0 Å². The van der Waals surface area contributed by atoms with Crippen molar-refractivity contribution in [2.45, 2.75) is 45.6 Å². The lowest BCUT2D eigenvalue weighted by Gasteiger charge is -2.20. The normalized spacial score (nSPS) is 14.2. The average Bonchev–Trinajstić information content (AvgIpc) is 3.02. The molecule has 2 aromatic rings. The van der Waals surface area contributed by atoms with Crippen LogP contribution in [0, 0.1) is 0 Å². The monoisotopic (exact) mass is 409 g/mol. The Morgan fingerprint density at radius 2 is 1.67 bits per heavy atom. The second kappa shape index (κ2) is 10.7. The smallest absolute Gasteiger partial charge is 0.253 e. The van der Waals surface area contributed by atoms with Crippen LogP contribution in [0.15, 0.2) is 48.5 Å². The summed E-state index contributed by atoms with van der Waals surface area (Å²) in [6, 6.07) is 14.7. The van der Waals surface area contributed by atoms with Gasteiger partial charge in [-0.1, -0.05) is 18.9 Å². The van der Waals surface area contributed by atoms with Crippen LogP contribution in [0.25, 0.3) is 0 Å². The standard InChI is InChI=1S/C24H31N3O3/c1-18(2)30-22-9-7-8-21(16-22)25-17-23(28)26-20-12-10-19(11-13-20)24(29)27-14-5-3-4-6-15-27/h7-13,16,18,25H,3-6,14-15,17H2,1-2H3,(H,26,28). The number of anilines is 2. The van der Waals surface area contributed by atoms with Crippen molar-refractivity contribution in [3.63, 3.8) is 0 Å². The second-order valence-corrected chi connectivity index (χ2v) is 7.88. The number of nitrogens with zero attached hydrogens (tertiary/aromatic N) is 1.